The molecule has 112 valence electrons. The highest BCUT2D eigenvalue weighted by atomic mass is 16.1. The van der Waals surface area contributed by atoms with Crippen LogP contribution in [-0.4, -0.2) is 15.9 Å². The first kappa shape index (κ1) is 14.3. The number of carbonyl (C=O) groups excluding carboxylic acids is 1. The third kappa shape index (κ3) is 2.86. The van der Waals surface area contributed by atoms with Crippen molar-refractivity contribution in [2.75, 3.05) is 0 Å². The summed E-state index contributed by atoms with van der Waals surface area (Å²) in [6.07, 6.45) is 0. The molecule has 4 nitrogen and oxygen atoms in total. The summed E-state index contributed by atoms with van der Waals surface area (Å²) in [5.74, 6) is -0.114. The monoisotopic (exact) mass is 293 g/mol. The Hall–Kier alpha value is -2.62. The molecular weight excluding hydrogens is 274 g/mol. The van der Waals surface area contributed by atoms with Crippen LogP contribution in [0.1, 0.15) is 33.0 Å². The van der Waals surface area contributed by atoms with Gasteiger partial charge in [0.15, 0.2) is 0 Å². The van der Waals surface area contributed by atoms with Gasteiger partial charge in [0, 0.05) is 16.6 Å². The van der Waals surface area contributed by atoms with E-state index < -0.39 is 0 Å². The van der Waals surface area contributed by atoms with E-state index in [2.05, 4.69) is 41.3 Å². The summed E-state index contributed by atoms with van der Waals surface area (Å²) < 4.78 is 0. The number of aromatic amines is 1. The second kappa shape index (κ2) is 5.64. The van der Waals surface area contributed by atoms with E-state index in [4.69, 9.17) is 0 Å². The number of aryl methyl sites for hydroxylation is 3. The zero-order valence-electron chi connectivity index (χ0n) is 13.0. The second-order valence-corrected chi connectivity index (χ2v) is 5.68. The second-order valence-electron chi connectivity index (χ2n) is 5.68. The number of benzene rings is 1. The van der Waals surface area contributed by atoms with E-state index in [1.54, 1.807) is 0 Å². The fourth-order valence-corrected chi connectivity index (χ4v) is 2.69. The lowest BCUT2D eigenvalue weighted by atomic mass is 10.1. The van der Waals surface area contributed by atoms with E-state index in [0.717, 1.165) is 22.3 Å². The maximum atomic E-state index is 12.3. The predicted octanol–water partition coefficient (Wildman–Crippen LogP) is 3.42. The van der Waals surface area contributed by atoms with Gasteiger partial charge < -0.3 is 10.3 Å². The summed E-state index contributed by atoms with van der Waals surface area (Å²) in [5.41, 5.74) is 5.74. The van der Waals surface area contributed by atoms with Gasteiger partial charge in [-0.1, -0.05) is 12.1 Å². The van der Waals surface area contributed by atoms with Crippen LogP contribution in [0.25, 0.3) is 10.9 Å². The fraction of sp³-hybridized carbons (Fsp3) is 0.222. The van der Waals surface area contributed by atoms with E-state index in [0.29, 0.717) is 12.2 Å². The number of amides is 1. The first-order chi connectivity index (χ1) is 10.5. The zero-order chi connectivity index (χ0) is 15.7. The lowest BCUT2D eigenvalue weighted by Gasteiger charge is -2.04. The Morgan fingerprint density at radius 2 is 2.00 bits per heavy atom. The first-order valence-electron chi connectivity index (χ1n) is 7.33. The van der Waals surface area contributed by atoms with Crippen LogP contribution in [0.3, 0.4) is 0 Å². The lowest BCUT2D eigenvalue weighted by molar-refractivity contribution is 0.0946. The van der Waals surface area contributed by atoms with Crippen LogP contribution >= 0.6 is 0 Å². The maximum Gasteiger partial charge on any atom is 0.268 e. The summed E-state index contributed by atoms with van der Waals surface area (Å²) in [7, 11) is 0. The Kier molecular flexibility index (Phi) is 3.67. The smallest absolute Gasteiger partial charge is 0.268 e. The van der Waals surface area contributed by atoms with Gasteiger partial charge in [-0.3, -0.25) is 9.78 Å². The molecule has 1 aromatic carbocycles. The van der Waals surface area contributed by atoms with Crippen molar-refractivity contribution in [1.82, 2.24) is 15.3 Å². The van der Waals surface area contributed by atoms with Crippen LogP contribution < -0.4 is 5.32 Å². The summed E-state index contributed by atoms with van der Waals surface area (Å²) >= 11 is 0. The molecule has 22 heavy (non-hydrogen) atoms. The number of hydrogen-bond acceptors (Lipinski definition) is 2. The zero-order valence-corrected chi connectivity index (χ0v) is 13.0. The average Bonchev–Trinajstić information content (AvgIpc) is 2.89. The predicted molar refractivity (Wildman–Crippen MR) is 87.9 cm³/mol. The van der Waals surface area contributed by atoms with Crippen molar-refractivity contribution in [2.24, 2.45) is 0 Å². The molecule has 3 aromatic rings. The molecule has 3 rings (SSSR count). The molecule has 0 aliphatic rings. The molecule has 2 N–H and O–H groups in total. The molecule has 0 aliphatic carbocycles. The highest BCUT2D eigenvalue weighted by Gasteiger charge is 2.11. The molecular formula is C18H19N3O. The van der Waals surface area contributed by atoms with Gasteiger partial charge in [-0.15, -0.1) is 0 Å². The number of nitrogens with one attached hydrogen (secondary N) is 2. The van der Waals surface area contributed by atoms with Crippen LogP contribution in [0.15, 0.2) is 36.4 Å². The van der Waals surface area contributed by atoms with Gasteiger partial charge in [0.05, 0.1) is 12.2 Å². The molecule has 0 unspecified atom stereocenters. The van der Waals surface area contributed by atoms with Gasteiger partial charge in [0.25, 0.3) is 5.91 Å². The highest BCUT2D eigenvalue weighted by Crippen LogP contribution is 2.21. The Labute approximate surface area is 129 Å². The molecule has 0 aliphatic heterocycles. The molecule has 2 heterocycles. The minimum atomic E-state index is -0.114. The summed E-state index contributed by atoms with van der Waals surface area (Å²) in [5, 5.41) is 3.99. The van der Waals surface area contributed by atoms with Gasteiger partial charge in [-0.05, 0) is 56.2 Å². The van der Waals surface area contributed by atoms with Crippen molar-refractivity contribution in [3.63, 3.8) is 0 Å². The Morgan fingerprint density at radius 3 is 2.77 bits per heavy atom. The van der Waals surface area contributed by atoms with Crippen LogP contribution in [0.4, 0.5) is 0 Å². The van der Waals surface area contributed by atoms with Crippen LogP contribution in [0.2, 0.25) is 0 Å². The van der Waals surface area contributed by atoms with Crippen molar-refractivity contribution in [3.8, 4) is 0 Å². The molecule has 0 radical (unpaired) electrons. The highest BCUT2D eigenvalue weighted by molar-refractivity contribution is 5.98. The third-order valence-corrected chi connectivity index (χ3v) is 3.71. The average molecular weight is 293 g/mol. The minimum Gasteiger partial charge on any atom is -0.351 e. The molecule has 4 heteroatoms. The molecule has 0 atom stereocenters. The third-order valence-electron chi connectivity index (χ3n) is 3.71. The number of nitrogens with zero attached hydrogens (tertiary/aromatic N) is 1. The Bertz CT molecular complexity index is 849. The quantitative estimate of drug-likeness (QED) is 0.777. The molecule has 0 saturated heterocycles. The van der Waals surface area contributed by atoms with Crippen molar-refractivity contribution in [3.05, 3.63) is 64.6 Å². The van der Waals surface area contributed by atoms with E-state index in [1.807, 2.05) is 31.2 Å². The summed E-state index contributed by atoms with van der Waals surface area (Å²) in [6, 6.07) is 11.9. The maximum absolute atomic E-state index is 12.3. The van der Waals surface area contributed by atoms with Crippen molar-refractivity contribution >= 4 is 16.8 Å². The molecule has 0 spiro atoms. The standard InChI is InChI=1S/C18H19N3O/c1-11-7-12(2)15-9-17(21-16(15)8-11)18(22)19-10-14-6-4-5-13(3)20-14/h4-9,21H,10H2,1-3H3,(H,19,22). The largest absolute Gasteiger partial charge is 0.351 e. The van der Waals surface area contributed by atoms with E-state index in [9.17, 15) is 4.79 Å². The van der Waals surface area contributed by atoms with Gasteiger partial charge in [-0.2, -0.15) is 0 Å². The number of rotatable bonds is 3. The van der Waals surface area contributed by atoms with Crippen LogP contribution in [0.5, 0.6) is 0 Å². The number of aromatic nitrogens is 2. The molecule has 0 saturated carbocycles. The van der Waals surface area contributed by atoms with Gasteiger partial charge in [0.1, 0.15) is 5.69 Å². The summed E-state index contributed by atoms with van der Waals surface area (Å²) in [6.45, 7) is 6.47. The number of carbonyl (C=O) groups is 1. The topological polar surface area (TPSA) is 57.8 Å². The minimum absolute atomic E-state index is 0.114. The van der Waals surface area contributed by atoms with Crippen molar-refractivity contribution in [2.45, 2.75) is 27.3 Å². The van der Waals surface area contributed by atoms with E-state index in [1.165, 1.54) is 11.1 Å². The SMILES string of the molecule is Cc1cc(C)c2cc(C(=O)NCc3cccc(C)n3)[nH]c2c1. The lowest BCUT2D eigenvalue weighted by Crippen LogP contribution is -2.23. The Morgan fingerprint density at radius 1 is 1.18 bits per heavy atom. The van der Waals surface area contributed by atoms with Crippen molar-refractivity contribution in [1.29, 1.82) is 0 Å². The Balaban J connectivity index is 1.79. The first-order valence-corrected chi connectivity index (χ1v) is 7.33. The number of hydrogen-bond donors (Lipinski definition) is 2. The normalized spacial score (nSPS) is 10.9. The van der Waals surface area contributed by atoms with E-state index in [-0.39, 0.29) is 5.91 Å². The molecule has 0 fully saturated rings. The van der Waals surface area contributed by atoms with E-state index >= 15 is 0 Å². The summed E-state index contributed by atoms with van der Waals surface area (Å²) in [4.78, 5) is 19.9. The van der Waals surface area contributed by atoms with Gasteiger partial charge in [0.2, 0.25) is 0 Å². The van der Waals surface area contributed by atoms with Gasteiger partial charge in [-0.25, -0.2) is 0 Å². The van der Waals surface area contributed by atoms with Gasteiger partial charge >= 0.3 is 0 Å². The van der Waals surface area contributed by atoms with Crippen LogP contribution in [-0.2, 0) is 6.54 Å². The van der Waals surface area contributed by atoms with Crippen molar-refractivity contribution < 1.29 is 4.79 Å². The molecule has 0 bridgehead atoms. The molecule has 2 aromatic heterocycles. The number of pyridine rings is 1. The number of H-pyrrole nitrogens is 1. The van der Waals surface area contributed by atoms with Crippen LogP contribution in [0, 0.1) is 20.8 Å². The molecule has 1 amide bonds. The number of fused-ring (bicyclic) bond motifs is 1. The fourth-order valence-electron chi connectivity index (χ4n) is 2.69.